The molecule has 1 saturated heterocycles. The molecule has 2 aliphatic heterocycles. The minimum absolute atomic E-state index is 0.0117. The van der Waals surface area contributed by atoms with Crippen molar-refractivity contribution in [3.63, 3.8) is 0 Å². The summed E-state index contributed by atoms with van der Waals surface area (Å²) in [6.07, 6.45) is 7.32. The van der Waals surface area contributed by atoms with Gasteiger partial charge in [-0.25, -0.2) is 9.59 Å². The van der Waals surface area contributed by atoms with E-state index in [2.05, 4.69) is 18.1 Å². The summed E-state index contributed by atoms with van der Waals surface area (Å²) >= 11 is 0. The molecule has 8 heteroatoms. The molecule has 0 radical (unpaired) electrons. The highest BCUT2D eigenvalue weighted by Crippen LogP contribution is 2.47. The van der Waals surface area contributed by atoms with Crippen molar-refractivity contribution in [3.8, 4) is 0 Å². The van der Waals surface area contributed by atoms with Crippen molar-refractivity contribution in [2.24, 2.45) is 5.92 Å². The van der Waals surface area contributed by atoms with Crippen LogP contribution in [0, 0.1) is 5.92 Å². The SMILES string of the molecule is C=CCOC(=O)O[C@H](C)[C@H]1C(=O)N2C(C(=O)OCC=C)=C(c3ccc(/C=C/c4ccccn4)cc3)C[C@H]12. The molecule has 1 aromatic carbocycles. The Balaban J connectivity index is 1.55. The summed E-state index contributed by atoms with van der Waals surface area (Å²) in [5.74, 6) is -1.50. The molecule has 3 atom stereocenters. The lowest BCUT2D eigenvalue weighted by molar-refractivity contribution is -0.162. The fourth-order valence-electron chi connectivity index (χ4n) is 4.54. The topological polar surface area (TPSA) is 95.0 Å². The molecule has 190 valence electrons. The Hall–Kier alpha value is -4.46. The number of benzene rings is 1. The molecular formula is C29H28N2O6. The van der Waals surface area contributed by atoms with Crippen LogP contribution in [0.4, 0.5) is 4.79 Å². The standard InChI is InChI=1S/C29H28N2O6/c1-4-16-35-28(33)26-23(21-12-9-20(10-13-21)11-14-22-8-6-7-15-30-22)18-24-25(27(32)31(24)26)19(3)37-29(34)36-17-5-2/h4-15,19,24-25H,1-2,16-18H2,3H3/b14-11+/t19-,24-,25-/m1/s1. The summed E-state index contributed by atoms with van der Waals surface area (Å²) in [6, 6.07) is 13.0. The van der Waals surface area contributed by atoms with Crippen molar-refractivity contribution >= 4 is 35.8 Å². The van der Waals surface area contributed by atoms with Gasteiger partial charge in [-0.2, -0.15) is 0 Å². The number of amides is 1. The smallest absolute Gasteiger partial charge is 0.457 e. The number of carbonyl (C=O) groups excluding carboxylic acids is 3. The van der Waals surface area contributed by atoms with Crippen LogP contribution >= 0.6 is 0 Å². The highest BCUT2D eigenvalue weighted by atomic mass is 16.7. The number of rotatable bonds is 10. The zero-order valence-corrected chi connectivity index (χ0v) is 20.5. The van der Waals surface area contributed by atoms with Crippen molar-refractivity contribution in [1.82, 2.24) is 9.88 Å². The van der Waals surface area contributed by atoms with Crippen LogP contribution in [0.25, 0.3) is 17.7 Å². The quantitative estimate of drug-likeness (QED) is 0.266. The Bertz CT molecular complexity index is 1250. The lowest BCUT2D eigenvalue weighted by atomic mass is 9.82. The van der Waals surface area contributed by atoms with E-state index >= 15 is 0 Å². The number of nitrogens with zero attached hydrogens (tertiary/aromatic N) is 2. The van der Waals surface area contributed by atoms with E-state index in [1.807, 2.05) is 54.6 Å². The van der Waals surface area contributed by atoms with Gasteiger partial charge in [-0.1, -0.05) is 61.7 Å². The lowest BCUT2D eigenvalue weighted by Gasteiger charge is -2.45. The maximum atomic E-state index is 13.1. The molecule has 37 heavy (non-hydrogen) atoms. The monoisotopic (exact) mass is 500 g/mol. The zero-order chi connectivity index (χ0) is 26.4. The van der Waals surface area contributed by atoms with Crippen LogP contribution in [0.2, 0.25) is 0 Å². The van der Waals surface area contributed by atoms with E-state index < -0.39 is 24.1 Å². The fourth-order valence-corrected chi connectivity index (χ4v) is 4.54. The molecule has 0 N–H and O–H groups in total. The summed E-state index contributed by atoms with van der Waals surface area (Å²) in [7, 11) is 0. The minimum atomic E-state index is -0.871. The number of carbonyl (C=O) groups is 3. The highest BCUT2D eigenvalue weighted by Gasteiger charge is 2.58. The molecule has 3 heterocycles. The summed E-state index contributed by atoms with van der Waals surface area (Å²) in [5.41, 5.74) is 3.53. The molecule has 2 aliphatic rings. The van der Waals surface area contributed by atoms with Gasteiger partial charge in [-0.05, 0) is 48.3 Å². The van der Waals surface area contributed by atoms with E-state index in [0.29, 0.717) is 12.0 Å². The normalized spacial score (nSPS) is 19.2. The van der Waals surface area contributed by atoms with Crippen molar-refractivity contribution in [2.75, 3.05) is 13.2 Å². The van der Waals surface area contributed by atoms with Gasteiger partial charge in [0.2, 0.25) is 5.91 Å². The molecule has 0 unspecified atom stereocenters. The Morgan fingerprint density at radius 2 is 1.81 bits per heavy atom. The third-order valence-electron chi connectivity index (χ3n) is 6.23. The van der Waals surface area contributed by atoms with Crippen molar-refractivity contribution in [3.05, 3.63) is 96.5 Å². The molecule has 0 aliphatic carbocycles. The Kier molecular flexibility index (Phi) is 7.98. The molecule has 8 nitrogen and oxygen atoms in total. The van der Waals surface area contributed by atoms with Crippen molar-refractivity contribution < 1.29 is 28.6 Å². The number of aromatic nitrogens is 1. The molecule has 1 amide bonds. The second kappa shape index (κ2) is 11.5. The van der Waals surface area contributed by atoms with E-state index in [1.54, 1.807) is 13.1 Å². The van der Waals surface area contributed by atoms with Crippen LogP contribution in [-0.4, -0.2) is 53.3 Å². The molecule has 1 fully saturated rings. The highest BCUT2D eigenvalue weighted by molar-refractivity contribution is 6.07. The molecule has 4 rings (SSSR count). The summed E-state index contributed by atoms with van der Waals surface area (Å²) in [5, 5.41) is 0. The number of pyridine rings is 1. The summed E-state index contributed by atoms with van der Waals surface area (Å²) in [6.45, 7) is 8.75. The Labute approximate surface area is 215 Å². The van der Waals surface area contributed by atoms with Gasteiger partial charge in [0.1, 0.15) is 25.0 Å². The van der Waals surface area contributed by atoms with Gasteiger partial charge in [0.05, 0.1) is 17.7 Å². The first-order valence-corrected chi connectivity index (χ1v) is 11.9. The largest absolute Gasteiger partial charge is 0.508 e. The maximum absolute atomic E-state index is 13.1. The summed E-state index contributed by atoms with van der Waals surface area (Å²) < 4.78 is 15.5. The first kappa shape index (κ1) is 25.6. The molecule has 2 aromatic rings. The van der Waals surface area contributed by atoms with Crippen molar-refractivity contribution in [1.29, 1.82) is 0 Å². The van der Waals surface area contributed by atoms with Gasteiger partial charge >= 0.3 is 12.1 Å². The second-order valence-electron chi connectivity index (χ2n) is 8.60. The predicted octanol–water partition coefficient (Wildman–Crippen LogP) is 4.65. The number of fused-ring (bicyclic) bond motifs is 1. The molecular weight excluding hydrogens is 472 g/mol. The average Bonchev–Trinajstić information content (AvgIpc) is 3.25. The fraction of sp³-hybridized carbons (Fsp3) is 0.241. The van der Waals surface area contributed by atoms with Gasteiger partial charge in [0, 0.05) is 6.20 Å². The molecule has 0 saturated carbocycles. The second-order valence-corrected chi connectivity index (χ2v) is 8.60. The van der Waals surface area contributed by atoms with Gasteiger partial charge in [-0.3, -0.25) is 9.78 Å². The summed E-state index contributed by atoms with van der Waals surface area (Å²) in [4.78, 5) is 43.7. The number of β-lactam (4-membered cyclic amide) rings is 1. The van der Waals surface area contributed by atoms with Gasteiger partial charge in [0.25, 0.3) is 0 Å². The van der Waals surface area contributed by atoms with Gasteiger partial charge in [-0.15, -0.1) is 0 Å². The van der Waals surface area contributed by atoms with Gasteiger partial charge < -0.3 is 19.1 Å². The van der Waals surface area contributed by atoms with E-state index in [9.17, 15) is 14.4 Å². The maximum Gasteiger partial charge on any atom is 0.508 e. The molecule has 1 aromatic heterocycles. The van der Waals surface area contributed by atoms with E-state index in [4.69, 9.17) is 14.2 Å². The van der Waals surface area contributed by atoms with E-state index in [0.717, 1.165) is 16.8 Å². The van der Waals surface area contributed by atoms with Crippen LogP contribution in [0.5, 0.6) is 0 Å². The molecule has 0 spiro atoms. The minimum Gasteiger partial charge on any atom is -0.457 e. The number of hydrogen-bond donors (Lipinski definition) is 0. The first-order valence-electron chi connectivity index (χ1n) is 11.9. The third kappa shape index (κ3) is 5.53. The third-order valence-corrected chi connectivity index (χ3v) is 6.23. The zero-order valence-electron chi connectivity index (χ0n) is 20.5. The Morgan fingerprint density at radius 3 is 2.49 bits per heavy atom. The number of hydrogen-bond acceptors (Lipinski definition) is 7. The number of ether oxygens (including phenoxy) is 3. The van der Waals surface area contributed by atoms with E-state index in [1.165, 1.54) is 17.1 Å². The van der Waals surface area contributed by atoms with Crippen LogP contribution in [0.15, 0.2) is 79.7 Å². The number of esters is 1. The van der Waals surface area contributed by atoms with Gasteiger partial charge in [0.15, 0.2) is 0 Å². The van der Waals surface area contributed by atoms with Crippen LogP contribution in [0.1, 0.15) is 30.2 Å². The predicted molar refractivity (Wildman–Crippen MR) is 139 cm³/mol. The van der Waals surface area contributed by atoms with Crippen LogP contribution in [0.3, 0.4) is 0 Å². The first-order chi connectivity index (χ1) is 17.9. The Morgan fingerprint density at radius 1 is 1.08 bits per heavy atom. The van der Waals surface area contributed by atoms with E-state index in [-0.39, 0.29) is 30.9 Å². The van der Waals surface area contributed by atoms with Crippen LogP contribution in [-0.2, 0) is 23.8 Å². The van der Waals surface area contributed by atoms with Crippen LogP contribution < -0.4 is 0 Å². The average molecular weight is 501 g/mol. The lowest BCUT2D eigenvalue weighted by Crippen LogP contribution is -2.62. The van der Waals surface area contributed by atoms with Crippen molar-refractivity contribution in [2.45, 2.75) is 25.5 Å². The molecule has 0 bridgehead atoms.